The molecule has 2 N–H and O–H groups in total. The minimum absolute atomic E-state index is 0.0175. The summed E-state index contributed by atoms with van der Waals surface area (Å²) in [6.45, 7) is 4.23. The van der Waals surface area contributed by atoms with E-state index in [1.165, 1.54) is 57.8 Å². The number of hydrogen-bond donors (Lipinski definition) is 2. The van der Waals surface area contributed by atoms with Crippen LogP contribution in [-0.2, 0) is 42.2 Å². The van der Waals surface area contributed by atoms with Gasteiger partial charge in [0.15, 0.2) is 6.10 Å². The number of esters is 3. The second kappa shape index (κ2) is 62.2. The van der Waals surface area contributed by atoms with Crippen molar-refractivity contribution in [2.75, 3.05) is 26.4 Å². The molecule has 12 heteroatoms. The molecule has 462 valence electrons. The average molecular weight is 1160 g/mol. The minimum atomic E-state index is -4.80. The first-order chi connectivity index (χ1) is 40.2. The van der Waals surface area contributed by atoms with E-state index < -0.39 is 64.4 Å². The number of allylic oxidation sites excluding steroid dienone is 26. The van der Waals surface area contributed by atoms with E-state index in [-0.39, 0.29) is 19.3 Å². The van der Waals surface area contributed by atoms with E-state index in [1.54, 1.807) is 0 Å². The van der Waals surface area contributed by atoms with Crippen molar-refractivity contribution < 1.29 is 52.2 Å². The second-order valence-electron chi connectivity index (χ2n) is 20.1. The molecular formula is C70H111O11P. The first kappa shape index (κ1) is 77.1. The van der Waals surface area contributed by atoms with Crippen LogP contribution in [0.1, 0.15) is 226 Å². The molecule has 0 spiro atoms. The first-order valence-corrected chi connectivity index (χ1v) is 32.9. The first-order valence-electron chi connectivity index (χ1n) is 31.4. The number of ether oxygens (including phenoxy) is 3. The molecule has 0 saturated heterocycles. The molecule has 0 saturated carbocycles. The monoisotopic (exact) mass is 1160 g/mol. The van der Waals surface area contributed by atoms with Gasteiger partial charge in [-0.15, -0.1) is 0 Å². The largest absolute Gasteiger partial charge is 0.472 e. The lowest BCUT2D eigenvalue weighted by Crippen LogP contribution is -2.30. The third-order valence-electron chi connectivity index (χ3n) is 12.4. The van der Waals surface area contributed by atoms with Crippen LogP contribution in [0.25, 0.3) is 0 Å². The summed E-state index contributed by atoms with van der Waals surface area (Å²) < 4.78 is 39.5. The van der Waals surface area contributed by atoms with Gasteiger partial charge in [-0.2, -0.15) is 0 Å². The molecule has 82 heavy (non-hydrogen) atoms. The van der Waals surface area contributed by atoms with Gasteiger partial charge in [-0.3, -0.25) is 23.4 Å². The Labute approximate surface area is 498 Å². The van der Waals surface area contributed by atoms with Crippen LogP contribution < -0.4 is 0 Å². The highest BCUT2D eigenvalue weighted by atomic mass is 31.2. The quantitative estimate of drug-likeness (QED) is 0.0197. The number of rotatable bonds is 56. The Bertz CT molecular complexity index is 1980. The number of hydrogen-bond acceptors (Lipinski definition) is 10. The van der Waals surface area contributed by atoms with Gasteiger partial charge >= 0.3 is 25.7 Å². The lowest BCUT2D eigenvalue weighted by molar-refractivity contribution is -0.161. The van der Waals surface area contributed by atoms with Gasteiger partial charge in [-0.25, -0.2) is 4.57 Å². The van der Waals surface area contributed by atoms with E-state index in [0.717, 1.165) is 103 Å². The van der Waals surface area contributed by atoms with Crippen LogP contribution in [0.3, 0.4) is 0 Å². The maximum Gasteiger partial charge on any atom is 0.472 e. The van der Waals surface area contributed by atoms with Crippen molar-refractivity contribution in [1.29, 1.82) is 0 Å². The summed E-state index contributed by atoms with van der Waals surface area (Å²) in [5.74, 6) is -1.69. The molecule has 11 nitrogen and oxygen atoms in total. The van der Waals surface area contributed by atoms with Gasteiger partial charge in [0.1, 0.15) is 12.7 Å². The topological polar surface area (TPSA) is 155 Å². The van der Waals surface area contributed by atoms with Crippen molar-refractivity contribution in [3.63, 3.8) is 0 Å². The Morgan fingerprint density at radius 1 is 0.354 bits per heavy atom. The Morgan fingerprint density at radius 2 is 0.659 bits per heavy atom. The summed E-state index contributed by atoms with van der Waals surface area (Å²) in [6, 6.07) is 0. The Kier molecular flexibility index (Phi) is 58.4. The summed E-state index contributed by atoms with van der Waals surface area (Å²) in [4.78, 5) is 48.7. The maximum atomic E-state index is 12.9. The van der Waals surface area contributed by atoms with Crippen LogP contribution in [0.5, 0.6) is 0 Å². The van der Waals surface area contributed by atoms with Gasteiger partial charge in [0.2, 0.25) is 0 Å². The molecule has 0 fully saturated rings. The van der Waals surface area contributed by atoms with E-state index in [4.69, 9.17) is 23.3 Å². The van der Waals surface area contributed by atoms with Crippen molar-refractivity contribution in [1.82, 2.24) is 0 Å². The van der Waals surface area contributed by atoms with Gasteiger partial charge in [0.25, 0.3) is 0 Å². The van der Waals surface area contributed by atoms with Crippen molar-refractivity contribution in [3.05, 3.63) is 158 Å². The number of carbonyl (C=O) groups is 3. The van der Waals surface area contributed by atoms with Crippen LogP contribution in [-0.4, -0.2) is 66.5 Å². The Balaban J connectivity index is 4.93. The number of phosphoric acid groups is 1. The van der Waals surface area contributed by atoms with E-state index in [1.807, 2.05) is 24.3 Å². The van der Waals surface area contributed by atoms with Crippen molar-refractivity contribution in [2.24, 2.45) is 0 Å². The van der Waals surface area contributed by atoms with Crippen molar-refractivity contribution >= 4 is 25.7 Å². The molecule has 0 aromatic rings. The van der Waals surface area contributed by atoms with Crippen LogP contribution >= 0.6 is 7.82 Å². The van der Waals surface area contributed by atoms with Gasteiger partial charge in [-0.1, -0.05) is 243 Å². The molecule has 0 amide bonds. The molecule has 0 aromatic carbocycles. The molecular weight excluding hydrogens is 1050 g/mol. The van der Waals surface area contributed by atoms with Gasteiger partial charge in [0.05, 0.1) is 19.8 Å². The lowest BCUT2D eigenvalue weighted by atomic mass is 10.1. The summed E-state index contributed by atoms with van der Waals surface area (Å²) in [5.41, 5.74) is 0. The van der Waals surface area contributed by atoms with E-state index in [9.17, 15) is 28.9 Å². The molecule has 3 unspecified atom stereocenters. The molecule has 0 aliphatic heterocycles. The van der Waals surface area contributed by atoms with Gasteiger partial charge in [-0.05, 0) is 122 Å². The van der Waals surface area contributed by atoms with Crippen molar-refractivity contribution in [3.8, 4) is 0 Å². The van der Waals surface area contributed by atoms with E-state index in [2.05, 4.69) is 154 Å². The third kappa shape index (κ3) is 59.7. The van der Waals surface area contributed by atoms with E-state index >= 15 is 0 Å². The number of carbonyl (C=O) groups excluding carboxylic acids is 3. The lowest BCUT2D eigenvalue weighted by Gasteiger charge is -2.21. The second-order valence-corrected chi connectivity index (χ2v) is 21.6. The highest BCUT2D eigenvalue weighted by Gasteiger charge is 2.28. The molecule has 0 rings (SSSR count). The summed E-state index contributed by atoms with van der Waals surface area (Å²) in [5, 5.41) is 9.85. The zero-order valence-electron chi connectivity index (χ0n) is 51.1. The number of aliphatic hydroxyl groups is 1. The predicted octanol–water partition coefficient (Wildman–Crippen LogP) is 19.3. The molecule has 0 heterocycles. The predicted molar refractivity (Wildman–Crippen MR) is 343 cm³/mol. The van der Waals surface area contributed by atoms with Crippen molar-refractivity contribution in [2.45, 2.75) is 238 Å². The number of unbranched alkanes of at least 4 members (excludes halogenated alkanes) is 13. The smallest absolute Gasteiger partial charge is 0.462 e. The summed E-state index contributed by atoms with van der Waals surface area (Å²) in [6.07, 6.45) is 82.3. The highest BCUT2D eigenvalue weighted by molar-refractivity contribution is 7.47. The molecule has 3 atom stereocenters. The van der Waals surface area contributed by atoms with Gasteiger partial charge in [0, 0.05) is 19.3 Å². The summed E-state index contributed by atoms with van der Waals surface area (Å²) in [7, 11) is -4.80. The summed E-state index contributed by atoms with van der Waals surface area (Å²) >= 11 is 0. The molecule has 0 aliphatic rings. The third-order valence-corrected chi connectivity index (χ3v) is 13.4. The zero-order chi connectivity index (χ0) is 59.8. The minimum Gasteiger partial charge on any atom is -0.462 e. The molecule has 0 aliphatic carbocycles. The standard InChI is InChI=1S/C70H111O11P/c1-4-7-10-13-16-19-22-25-28-31-33-36-38-41-44-47-50-53-56-59-68(72)77-63-67(81-70(74)61-58-55-52-49-46-43-40-37-34-32-29-26-23-20-17-14-11-8-5-2)65-79-82(75,76)78-64-66(62-71)80-69(73)60-57-54-51-48-45-42-39-35-30-27-24-21-18-15-12-9-6-3/h7-8,10-11,16-17,19-20,25-30,33-34,36-37,41,43-44,46,50,52-53,55,66-67,71H,4-6,9,12-15,18,21-24,31-32,35,38-40,42,45,47-49,51,54,56-65H2,1-3H3,(H,75,76)/b10-7-,11-8-,19-16-,20-17-,28-25-,29-26-,30-27-,36-33-,37-34-,44-41-,46-43-,53-50-,55-52-. The van der Waals surface area contributed by atoms with Crippen LogP contribution in [0.2, 0.25) is 0 Å². The van der Waals surface area contributed by atoms with Gasteiger partial charge < -0.3 is 24.2 Å². The Morgan fingerprint density at radius 3 is 1.05 bits per heavy atom. The van der Waals surface area contributed by atoms with Crippen LogP contribution in [0, 0.1) is 0 Å². The number of aliphatic hydroxyl groups excluding tert-OH is 1. The fourth-order valence-corrected chi connectivity index (χ4v) is 8.54. The van der Waals surface area contributed by atoms with Crippen LogP contribution in [0.4, 0.5) is 0 Å². The normalized spacial score (nSPS) is 14.4. The molecule has 0 radical (unpaired) electrons. The maximum absolute atomic E-state index is 12.9. The highest BCUT2D eigenvalue weighted by Crippen LogP contribution is 2.43. The SMILES string of the molecule is CC/C=C\C/C=C\C/C=C\C/C=C\C/C=C\C/C=C\CCC(=O)OCC(COP(=O)(O)OCC(CO)OC(=O)CCCCCCCCC/C=C\CCCCCCCC)OC(=O)CC/C=C\C/C=C\C/C=C\C/C=C\C/C=C\C/C=C\CC. The van der Waals surface area contributed by atoms with Crippen LogP contribution in [0.15, 0.2) is 158 Å². The molecule has 0 aromatic heterocycles. The fourth-order valence-electron chi connectivity index (χ4n) is 7.75. The number of phosphoric ester groups is 1. The average Bonchev–Trinajstić information content (AvgIpc) is 3.47. The Hall–Kier alpha value is -4.90. The fraction of sp³-hybridized carbons (Fsp3) is 0.586. The molecule has 0 bridgehead atoms. The van der Waals surface area contributed by atoms with E-state index in [0.29, 0.717) is 25.7 Å². The zero-order valence-corrected chi connectivity index (χ0v) is 52.0.